The summed E-state index contributed by atoms with van der Waals surface area (Å²) in [7, 11) is -3.57. The van der Waals surface area contributed by atoms with Crippen LogP contribution in [0.3, 0.4) is 0 Å². The zero-order valence-corrected chi connectivity index (χ0v) is 13.2. The first-order chi connectivity index (χ1) is 10.00. The number of hydrogen-bond donors (Lipinski definition) is 0. The van der Waals surface area contributed by atoms with E-state index >= 15 is 0 Å². The number of sulfonamides is 1. The first-order valence-corrected chi connectivity index (χ1v) is 9.12. The fourth-order valence-electron chi connectivity index (χ4n) is 3.48. The molecule has 2 atom stereocenters. The van der Waals surface area contributed by atoms with Crippen molar-refractivity contribution in [1.82, 2.24) is 4.31 Å². The number of Topliss-reactive ketones (excluding diaryl/α,β-unsaturated/α-hetero) is 1. The molecule has 1 saturated heterocycles. The van der Waals surface area contributed by atoms with Crippen LogP contribution in [-0.2, 0) is 14.8 Å². The summed E-state index contributed by atoms with van der Waals surface area (Å²) in [6, 6.07) is 6.16. The minimum Gasteiger partial charge on any atom is -0.299 e. The molecule has 4 nitrogen and oxygen atoms in total. The highest BCUT2D eigenvalue weighted by molar-refractivity contribution is 7.89. The van der Waals surface area contributed by atoms with Crippen LogP contribution in [0.4, 0.5) is 0 Å². The van der Waals surface area contributed by atoms with Crippen molar-refractivity contribution in [2.75, 3.05) is 6.54 Å². The van der Waals surface area contributed by atoms with Gasteiger partial charge in [-0.15, -0.1) is 0 Å². The minimum atomic E-state index is -3.57. The minimum absolute atomic E-state index is 0.124. The monoisotopic (exact) mass is 327 g/mol. The molecule has 1 aromatic carbocycles. The number of nitrogens with zero attached hydrogens (tertiary/aromatic N) is 1. The molecule has 0 bridgehead atoms. The normalized spacial score (nSPS) is 27.4. The Morgan fingerprint density at radius 2 is 2.00 bits per heavy atom. The highest BCUT2D eigenvalue weighted by Crippen LogP contribution is 2.36. The van der Waals surface area contributed by atoms with Gasteiger partial charge >= 0.3 is 0 Å². The number of carbonyl (C=O) groups excluding carboxylic acids is 1. The van der Waals surface area contributed by atoms with Gasteiger partial charge in [-0.25, -0.2) is 8.42 Å². The van der Waals surface area contributed by atoms with Crippen LogP contribution in [0.15, 0.2) is 29.2 Å². The van der Waals surface area contributed by atoms with E-state index in [4.69, 9.17) is 11.6 Å². The third-order valence-electron chi connectivity index (χ3n) is 4.47. The van der Waals surface area contributed by atoms with Crippen LogP contribution in [-0.4, -0.2) is 31.1 Å². The van der Waals surface area contributed by atoms with E-state index in [0.29, 0.717) is 18.0 Å². The van der Waals surface area contributed by atoms with E-state index < -0.39 is 10.0 Å². The average molecular weight is 328 g/mol. The van der Waals surface area contributed by atoms with Crippen molar-refractivity contribution in [2.45, 2.75) is 43.0 Å². The SMILES string of the molecule is O=C1CCCC1C1CCCN1S(=O)(=O)c1cccc(Cl)c1. The van der Waals surface area contributed by atoms with Crippen LogP contribution in [0.5, 0.6) is 0 Å². The highest BCUT2D eigenvalue weighted by Gasteiger charge is 2.43. The standard InChI is InChI=1S/C15H18ClNO3S/c16-11-4-1-5-12(10-11)21(19,20)17-9-3-7-14(17)13-6-2-8-15(13)18/h1,4-5,10,13-14H,2-3,6-9H2. The molecular weight excluding hydrogens is 310 g/mol. The van der Waals surface area contributed by atoms with Crippen LogP contribution < -0.4 is 0 Å². The van der Waals surface area contributed by atoms with Gasteiger partial charge in [0.25, 0.3) is 0 Å². The predicted molar refractivity (Wildman–Crippen MR) is 80.7 cm³/mol. The van der Waals surface area contributed by atoms with Gasteiger partial charge in [-0.1, -0.05) is 17.7 Å². The van der Waals surface area contributed by atoms with Crippen molar-refractivity contribution < 1.29 is 13.2 Å². The van der Waals surface area contributed by atoms with Gasteiger partial charge in [-0.3, -0.25) is 4.79 Å². The molecule has 1 heterocycles. The molecule has 3 rings (SSSR count). The van der Waals surface area contributed by atoms with E-state index in [2.05, 4.69) is 0 Å². The van der Waals surface area contributed by atoms with Crippen molar-refractivity contribution in [3.8, 4) is 0 Å². The van der Waals surface area contributed by atoms with Crippen molar-refractivity contribution in [1.29, 1.82) is 0 Å². The summed E-state index contributed by atoms with van der Waals surface area (Å²) in [6.45, 7) is 0.489. The molecule has 0 aromatic heterocycles. The van der Waals surface area contributed by atoms with Gasteiger partial charge in [0.15, 0.2) is 0 Å². The summed E-state index contributed by atoms with van der Waals surface area (Å²) >= 11 is 5.91. The number of halogens is 1. The Labute approximate surface area is 130 Å². The average Bonchev–Trinajstić information content (AvgIpc) is 3.07. The molecule has 6 heteroatoms. The molecular formula is C15H18ClNO3S. The lowest BCUT2D eigenvalue weighted by molar-refractivity contribution is -0.121. The van der Waals surface area contributed by atoms with Gasteiger partial charge in [0, 0.05) is 29.9 Å². The maximum atomic E-state index is 12.8. The summed E-state index contributed by atoms with van der Waals surface area (Å²) < 4.78 is 27.2. The lowest BCUT2D eigenvalue weighted by Gasteiger charge is -2.27. The quantitative estimate of drug-likeness (QED) is 0.857. The summed E-state index contributed by atoms with van der Waals surface area (Å²) in [5, 5.41) is 0.406. The van der Waals surface area contributed by atoms with E-state index in [1.807, 2.05) is 0 Å². The molecule has 1 aliphatic carbocycles. The van der Waals surface area contributed by atoms with Crippen molar-refractivity contribution >= 4 is 27.4 Å². The smallest absolute Gasteiger partial charge is 0.243 e. The maximum Gasteiger partial charge on any atom is 0.243 e. The van der Waals surface area contributed by atoms with Crippen LogP contribution in [0.2, 0.25) is 5.02 Å². The third-order valence-corrected chi connectivity index (χ3v) is 6.62. The fourth-order valence-corrected chi connectivity index (χ4v) is 5.51. The molecule has 114 valence electrons. The van der Waals surface area contributed by atoms with E-state index in [9.17, 15) is 13.2 Å². The highest BCUT2D eigenvalue weighted by atomic mass is 35.5. The molecule has 1 aliphatic heterocycles. The van der Waals surface area contributed by atoms with Crippen LogP contribution >= 0.6 is 11.6 Å². The molecule has 0 spiro atoms. The number of ketones is 1. The number of rotatable bonds is 3. The Bertz CT molecular complexity index is 659. The molecule has 2 fully saturated rings. The first kappa shape index (κ1) is 15.0. The van der Waals surface area contributed by atoms with Crippen molar-refractivity contribution in [3.05, 3.63) is 29.3 Å². The van der Waals surface area contributed by atoms with Crippen LogP contribution in [0, 0.1) is 5.92 Å². The van der Waals surface area contributed by atoms with Crippen LogP contribution in [0.1, 0.15) is 32.1 Å². The summed E-state index contributed by atoms with van der Waals surface area (Å²) in [4.78, 5) is 12.2. The largest absolute Gasteiger partial charge is 0.299 e. The maximum absolute atomic E-state index is 12.8. The molecule has 2 aliphatic rings. The van der Waals surface area contributed by atoms with Gasteiger partial charge in [0.1, 0.15) is 5.78 Å². The zero-order valence-electron chi connectivity index (χ0n) is 11.7. The molecule has 21 heavy (non-hydrogen) atoms. The van der Waals surface area contributed by atoms with Crippen molar-refractivity contribution in [2.24, 2.45) is 5.92 Å². The summed E-state index contributed by atoms with van der Waals surface area (Å²) in [5.74, 6) is 0.0923. The zero-order chi connectivity index (χ0) is 15.0. The van der Waals surface area contributed by atoms with Gasteiger partial charge < -0.3 is 0 Å². The van der Waals surface area contributed by atoms with E-state index in [1.54, 1.807) is 18.2 Å². The Morgan fingerprint density at radius 1 is 1.19 bits per heavy atom. The molecule has 1 aromatic rings. The van der Waals surface area contributed by atoms with E-state index in [-0.39, 0.29) is 22.6 Å². The lowest BCUT2D eigenvalue weighted by Crippen LogP contribution is -2.41. The van der Waals surface area contributed by atoms with Gasteiger partial charge in [-0.2, -0.15) is 4.31 Å². The second-order valence-electron chi connectivity index (χ2n) is 5.75. The topological polar surface area (TPSA) is 54.5 Å². The molecule has 1 saturated carbocycles. The van der Waals surface area contributed by atoms with Crippen LogP contribution in [0.25, 0.3) is 0 Å². The van der Waals surface area contributed by atoms with E-state index in [0.717, 1.165) is 25.7 Å². The number of hydrogen-bond acceptors (Lipinski definition) is 3. The molecule has 0 amide bonds. The number of carbonyl (C=O) groups is 1. The predicted octanol–water partition coefficient (Wildman–Crippen LogP) is 2.86. The number of benzene rings is 1. The second-order valence-corrected chi connectivity index (χ2v) is 8.07. The Kier molecular flexibility index (Phi) is 4.08. The van der Waals surface area contributed by atoms with Crippen molar-refractivity contribution in [3.63, 3.8) is 0 Å². The Balaban J connectivity index is 1.92. The van der Waals surface area contributed by atoms with Gasteiger partial charge in [0.2, 0.25) is 10.0 Å². The fraction of sp³-hybridized carbons (Fsp3) is 0.533. The molecule has 2 unspecified atom stereocenters. The van der Waals surface area contributed by atoms with Gasteiger partial charge in [0.05, 0.1) is 4.90 Å². The summed E-state index contributed by atoms with van der Waals surface area (Å²) in [5.41, 5.74) is 0. The second kappa shape index (κ2) is 5.71. The third kappa shape index (κ3) is 2.74. The lowest BCUT2D eigenvalue weighted by atomic mass is 9.96. The molecule has 0 N–H and O–H groups in total. The Hall–Kier alpha value is -0.910. The summed E-state index contributed by atoms with van der Waals surface area (Å²) in [6.07, 6.45) is 3.87. The van der Waals surface area contributed by atoms with E-state index in [1.165, 1.54) is 10.4 Å². The van der Waals surface area contributed by atoms with Gasteiger partial charge in [-0.05, 0) is 43.9 Å². The Morgan fingerprint density at radius 3 is 2.67 bits per heavy atom. The molecule has 0 radical (unpaired) electrons. The first-order valence-electron chi connectivity index (χ1n) is 7.30.